The summed E-state index contributed by atoms with van der Waals surface area (Å²) in [6.45, 7) is 7.50. The predicted molar refractivity (Wildman–Crippen MR) is 108 cm³/mol. The number of amides is 1. The first-order valence-electron chi connectivity index (χ1n) is 9.28. The van der Waals surface area contributed by atoms with Crippen LogP contribution < -0.4 is 14.8 Å². The minimum Gasteiger partial charge on any atom is -0.490 e. The lowest BCUT2D eigenvalue weighted by Crippen LogP contribution is -2.26. The second-order valence-corrected chi connectivity index (χ2v) is 7.37. The van der Waals surface area contributed by atoms with Crippen LogP contribution in [0.2, 0.25) is 0 Å². The van der Waals surface area contributed by atoms with Gasteiger partial charge in [-0.15, -0.1) is 11.3 Å². The summed E-state index contributed by atoms with van der Waals surface area (Å²) in [6, 6.07) is 9.56. The SMILES string of the molecule is CCOc1ccc(CCNC(=O)CCC(=O)c2ccc(C)s2)cc1OCC. The van der Waals surface area contributed by atoms with Gasteiger partial charge in [-0.3, -0.25) is 9.59 Å². The number of Topliss-reactive ketones (excluding diaryl/α,β-unsaturated/α-hetero) is 1. The Morgan fingerprint density at radius 1 is 1.00 bits per heavy atom. The molecule has 0 bridgehead atoms. The normalized spacial score (nSPS) is 10.5. The van der Waals surface area contributed by atoms with E-state index in [0.717, 1.165) is 26.8 Å². The lowest BCUT2D eigenvalue weighted by Gasteiger charge is -2.12. The number of hydrogen-bond acceptors (Lipinski definition) is 5. The minimum absolute atomic E-state index is 0.0242. The number of hydrogen-bond donors (Lipinski definition) is 1. The number of aryl methyl sites for hydroxylation is 1. The molecule has 0 atom stereocenters. The Balaban J connectivity index is 1.77. The molecule has 1 amide bonds. The highest BCUT2D eigenvalue weighted by Gasteiger charge is 2.11. The third-order valence-electron chi connectivity index (χ3n) is 3.94. The van der Waals surface area contributed by atoms with Crippen molar-refractivity contribution in [2.75, 3.05) is 19.8 Å². The zero-order chi connectivity index (χ0) is 19.6. The highest BCUT2D eigenvalue weighted by Crippen LogP contribution is 2.28. The summed E-state index contributed by atoms with van der Waals surface area (Å²) in [6.07, 6.45) is 1.14. The summed E-state index contributed by atoms with van der Waals surface area (Å²) in [5.41, 5.74) is 1.06. The fraction of sp³-hybridized carbons (Fsp3) is 0.429. The molecule has 0 aliphatic carbocycles. The van der Waals surface area contributed by atoms with E-state index in [-0.39, 0.29) is 24.5 Å². The van der Waals surface area contributed by atoms with Crippen molar-refractivity contribution in [3.8, 4) is 11.5 Å². The van der Waals surface area contributed by atoms with E-state index in [1.165, 1.54) is 11.3 Å². The van der Waals surface area contributed by atoms with E-state index in [9.17, 15) is 9.59 Å². The lowest BCUT2D eigenvalue weighted by atomic mass is 10.1. The number of carbonyl (C=O) groups excluding carboxylic acids is 2. The summed E-state index contributed by atoms with van der Waals surface area (Å²) >= 11 is 1.47. The average molecular weight is 390 g/mol. The smallest absolute Gasteiger partial charge is 0.220 e. The van der Waals surface area contributed by atoms with Gasteiger partial charge in [0.15, 0.2) is 17.3 Å². The Hall–Kier alpha value is -2.34. The van der Waals surface area contributed by atoms with E-state index in [1.807, 2.05) is 51.1 Å². The Labute approximate surface area is 164 Å². The monoisotopic (exact) mass is 389 g/mol. The van der Waals surface area contributed by atoms with Crippen molar-refractivity contribution < 1.29 is 19.1 Å². The van der Waals surface area contributed by atoms with Crippen LogP contribution in [0.4, 0.5) is 0 Å². The van der Waals surface area contributed by atoms with Crippen LogP contribution in [0, 0.1) is 6.92 Å². The summed E-state index contributed by atoms with van der Waals surface area (Å²) in [5.74, 6) is 1.37. The first-order valence-corrected chi connectivity index (χ1v) is 10.1. The van der Waals surface area contributed by atoms with Crippen molar-refractivity contribution in [3.05, 3.63) is 45.6 Å². The third-order valence-corrected chi connectivity index (χ3v) is 4.98. The highest BCUT2D eigenvalue weighted by atomic mass is 32.1. The number of rotatable bonds is 11. The first-order chi connectivity index (χ1) is 13.0. The molecule has 2 aromatic rings. The summed E-state index contributed by atoms with van der Waals surface area (Å²) in [7, 11) is 0. The van der Waals surface area contributed by atoms with Crippen LogP contribution in [0.1, 0.15) is 46.8 Å². The maximum Gasteiger partial charge on any atom is 0.220 e. The number of nitrogens with one attached hydrogen (secondary N) is 1. The molecular weight excluding hydrogens is 362 g/mol. The fourth-order valence-corrected chi connectivity index (χ4v) is 3.46. The van der Waals surface area contributed by atoms with Gasteiger partial charge in [0.05, 0.1) is 18.1 Å². The molecule has 146 valence electrons. The van der Waals surface area contributed by atoms with Gasteiger partial charge in [0.2, 0.25) is 5.91 Å². The predicted octanol–water partition coefficient (Wildman–Crippen LogP) is 4.18. The molecule has 27 heavy (non-hydrogen) atoms. The van der Waals surface area contributed by atoms with E-state index in [2.05, 4.69) is 5.32 Å². The van der Waals surface area contributed by atoms with Crippen LogP contribution in [-0.4, -0.2) is 31.4 Å². The van der Waals surface area contributed by atoms with Gasteiger partial charge in [0.25, 0.3) is 0 Å². The summed E-state index contributed by atoms with van der Waals surface area (Å²) < 4.78 is 11.2. The number of benzene rings is 1. The second-order valence-electron chi connectivity index (χ2n) is 6.08. The zero-order valence-corrected chi connectivity index (χ0v) is 17.0. The summed E-state index contributed by atoms with van der Waals surface area (Å²) in [4.78, 5) is 25.8. The molecule has 5 nitrogen and oxygen atoms in total. The first kappa shape index (κ1) is 21.0. The largest absolute Gasteiger partial charge is 0.490 e. The third kappa shape index (κ3) is 6.71. The van der Waals surface area contributed by atoms with E-state index < -0.39 is 0 Å². The Bertz CT molecular complexity index is 769. The molecule has 1 aromatic heterocycles. The maximum atomic E-state index is 12.0. The summed E-state index contributed by atoms with van der Waals surface area (Å²) in [5, 5.41) is 2.87. The van der Waals surface area contributed by atoms with Crippen molar-refractivity contribution in [1.29, 1.82) is 0 Å². The molecule has 6 heteroatoms. The van der Waals surface area contributed by atoms with E-state index in [4.69, 9.17) is 9.47 Å². The zero-order valence-electron chi connectivity index (χ0n) is 16.2. The molecule has 0 radical (unpaired) electrons. The molecule has 0 spiro atoms. The molecule has 0 aliphatic rings. The van der Waals surface area contributed by atoms with Crippen LogP contribution in [0.15, 0.2) is 30.3 Å². The fourth-order valence-electron chi connectivity index (χ4n) is 2.62. The van der Waals surface area contributed by atoms with Crippen LogP contribution in [0.25, 0.3) is 0 Å². The van der Waals surface area contributed by atoms with Gasteiger partial charge in [-0.25, -0.2) is 0 Å². The van der Waals surface area contributed by atoms with Crippen LogP contribution in [0.5, 0.6) is 11.5 Å². The van der Waals surface area contributed by atoms with Crippen LogP contribution in [-0.2, 0) is 11.2 Å². The lowest BCUT2D eigenvalue weighted by molar-refractivity contribution is -0.121. The van der Waals surface area contributed by atoms with Crippen LogP contribution in [0.3, 0.4) is 0 Å². The highest BCUT2D eigenvalue weighted by molar-refractivity contribution is 7.14. The van der Waals surface area contributed by atoms with Crippen molar-refractivity contribution in [2.24, 2.45) is 0 Å². The van der Waals surface area contributed by atoms with Crippen molar-refractivity contribution in [2.45, 2.75) is 40.0 Å². The molecule has 1 aromatic carbocycles. The standard InChI is InChI=1S/C21H27NO4S/c1-4-25-18-9-7-16(14-19(18)26-5-2)12-13-22-21(24)11-8-17(23)20-10-6-15(3)27-20/h6-7,9-10,14H,4-5,8,11-13H2,1-3H3,(H,22,24). The van der Waals surface area contributed by atoms with Crippen LogP contribution >= 0.6 is 11.3 Å². The molecule has 1 N–H and O–H groups in total. The van der Waals surface area contributed by atoms with E-state index in [0.29, 0.717) is 26.2 Å². The van der Waals surface area contributed by atoms with E-state index >= 15 is 0 Å². The van der Waals surface area contributed by atoms with Gasteiger partial charge in [-0.1, -0.05) is 6.07 Å². The van der Waals surface area contributed by atoms with E-state index in [1.54, 1.807) is 0 Å². The molecule has 0 unspecified atom stereocenters. The molecule has 0 aliphatic heterocycles. The minimum atomic E-state index is -0.104. The van der Waals surface area contributed by atoms with Gasteiger partial charge < -0.3 is 14.8 Å². The van der Waals surface area contributed by atoms with Gasteiger partial charge >= 0.3 is 0 Å². The molecular formula is C21H27NO4S. The number of ether oxygens (including phenoxy) is 2. The Morgan fingerprint density at radius 2 is 1.74 bits per heavy atom. The Morgan fingerprint density at radius 3 is 2.41 bits per heavy atom. The average Bonchev–Trinajstić information content (AvgIpc) is 3.08. The molecule has 0 fully saturated rings. The van der Waals surface area contributed by atoms with Gasteiger partial charge in [0, 0.05) is 24.3 Å². The Kier molecular flexibility index (Phi) is 8.33. The number of ketones is 1. The number of carbonyl (C=O) groups is 2. The van der Waals surface area contributed by atoms with Crippen molar-refractivity contribution in [1.82, 2.24) is 5.32 Å². The molecule has 0 saturated carbocycles. The van der Waals surface area contributed by atoms with Gasteiger partial charge in [0.1, 0.15) is 0 Å². The number of thiophene rings is 1. The van der Waals surface area contributed by atoms with Gasteiger partial charge in [-0.05, 0) is 57.0 Å². The molecule has 1 heterocycles. The van der Waals surface area contributed by atoms with Crippen molar-refractivity contribution in [3.63, 3.8) is 0 Å². The van der Waals surface area contributed by atoms with Gasteiger partial charge in [-0.2, -0.15) is 0 Å². The molecule has 2 rings (SSSR count). The second kappa shape index (κ2) is 10.7. The quantitative estimate of drug-likeness (QED) is 0.586. The molecule has 0 saturated heterocycles. The topological polar surface area (TPSA) is 64.6 Å². The van der Waals surface area contributed by atoms with Crippen molar-refractivity contribution >= 4 is 23.0 Å². The maximum absolute atomic E-state index is 12.0.